The van der Waals surface area contributed by atoms with Crippen molar-refractivity contribution in [2.75, 3.05) is 31.2 Å². The van der Waals surface area contributed by atoms with E-state index in [1.165, 1.54) is 19.2 Å². The summed E-state index contributed by atoms with van der Waals surface area (Å²) in [6.45, 7) is 2.53. The zero-order valence-electron chi connectivity index (χ0n) is 11.6. The smallest absolute Gasteiger partial charge is 0.242 e. The molecule has 1 aromatic carbocycles. The Labute approximate surface area is 119 Å². The molecule has 0 aliphatic carbocycles. The van der Waals surface area contributed by atoms with Crippen LogP contribution < -0.4 is 21.1 Å². The first-order chi connectivity index (χ1) is 9.40. The monoisotopic (exact) mass is 300 g/mol. The van der Waals surface area contributed by atoms with Crippen molar-refractivity contribution in [3.8, 4) is 0 Å². The predicted octanol–water partition coefficient (Wildman–Crippen LogP) is 0.115. The molecule has 0 aromatic heterocycles. The van der Waals surface area contributed by atoms with Crippen LogP contribution in [0, 0.1) is 0 Å². The van der Waals surface area contributed by atoms with Crippen LogP contribution in [0.2, 0.25) is 0 Å². The molecule has 112 valence electrons. The van der Waals surface area contributed by atoms with Crippen molar-refractivity contribution in [3.05, 3.63) is 18.2 Å². The van der Waals surface area contributed by atoms with E-state index in [1.54, 1.807) is 6.07 Å². The summed E-state index contributed by atoms with van der Waals surface area (Å²) >= 11 is 0. The van der Waals surface area contributed by atoms with Gasteiger partial charge in [-0.15, -0.1) is 0 Å². The zero-order chi connectivity index (χ0) is 15.2. The summed E-state index contributed by atoms with van der Waals surface area (Å²) in [5, 5.41) is 5.50. The van der Waals surface area contributed by atoms with Crippen molar-refractivity contribution < 1.29 is 13.2 Å². The van der Waals surface area contributed by atoms with Gasteiger partial charge >= 0.3 is 0 Å². The minimum atomic E-state index is -3.64. The third-order valence-electron chi connectivity index (χ3n) is 2.58. The molecule has 20 heavy (non-hydrogen) atoms. The molecule has 0 saturated carbocycles. The van der Waals surface area contributed by atoms with Crippen molar-refractivity contribution in [2.45, 2.75) is 18.2 Å². The predicted molar refractivity (Wildman–Crippen MR) is 78.9 cm³/mol. The van der Waals surface area contributed by atoms with E-state index in [2.05, 4.69) is 15.4 Å². The van der Waals surface area contributed by atoms with Crippen molar-refractivity contribution in [3.63, 3.8) is 0 Å². The van der Waals surface area contributed by atoms with Crippen LogP contribution in [0.5, 0.6) is 0 Å². The van der Waals surface area contributed by atoms with Crippen LogP contribution in [0.1, 0.15) is 13.3 Å². The lowest BCUT2D eigenvalue weighted by Gasteiger charge is -2.12. The van der Waals surface area contributed by atoms with Gasteiger partial charge in [0.25, 0.3) is 0 Å². The molecule has 0 fully saturated rings. The Morgan fingerprint density at radius 2 is 2.05 bits per heavy atom. The summed E-state index contributed by atoms with van der Waals surface area (Å²) in [7, 11) is -2.32. The highest BCUT2D eigenvalue weighted by Crippen LogP contribution is 2.23. The molecule has 0 saturated heterocycles. The molecule has 0 atom stereocenters. The Balaban J connectivity index is 2.88. The highest BCUT2D eigenvalue weighted by molar-refractivity contribution is 7.89. The van der Waals surface area contributed by atoms with Gasteiger partial charge in [-0.05, 0) is 31.7 Å². The van der Waals surface area contributed by atoms with Gasteiger partial charge < -0.3 is 16.4 Å². The lowest BCUT2D eigenvalue weighted by atomic mass is 10.3. The number of hydrogen-bond donors (Lipinski definition) is 4. The van der Waals surface area contributed by atoms with Crippen LogP contribution in [0.25, 0.3) is 0 Å². The normalized spacial score (nSPS) is 11.1. The van der Waals surface area contributed by atoms with Gasteiger partial charge in [0.15, 0.2) is 0 Å². The third kappa shape index (κ3) is 4.39. The first-order valence-corrected chi connectivity index (χ1v) is 7.72. The number of benzene rings is 1. The van der Waals surface area contributed by atoms with E-state index >= 15 is 0 Å². The van der Waals surface area contributed by atoms with E-state index in [1.807, 2.05) is 6.92 Å². The zero-order valence-corrected chi connectivity index (χ0v) is 12.4. The average Bonchev–Trinajstić information content (AvgIpc) is 2.43. The molecule has 0 unspecified atom stereocenters. The maximum Gasteiger partial charge on any atom is 0.242 e. The Morgan fingerprint density at radius 3 is 2.65 bits per heavy atom. The minimum absolute atomic E-state index is 0.00382. The molecule has 0 bridgehead atoms. The van der Waals surface area contributed by atoms with Crippen molar-refractivity contribution in [1.29, 1.82) is 0 Å². The number of carbonyl (C=O) groups is 1. The van der Waals surface area contributed by atoms with Gasteiger partial charge in [-0.3, -0.25) is 4.79 Å². The molecule has 5 N–H and O–H groups in total. The maximum absolute atomic E-state index is 11.9. The minimum Gasteiger partial charge on any atom is -0.399 e. The molecule has 7 nitrogen and oxygen atoms in total. The number of nitrogens with two attached hydrogens (primary N) is 1. The van der Waals surface area contributed by atoms with E-state index in [4.69, 9.17) is 5.73 Å². The molecule has 0 spiro atoms. The number of nitrogens with one attached hydrogen (secondary N) is 3. The lowest BCUT2D eigenvalue weighted by Crippen LogP contribution is -2.31. The molecule has 1 amide bonds. The van der Waals surface area contributed by atoms with Crippen molar-refractivity contribution in [1.82, 2.24) is 10.0 Å². The summed E-state index contributed by atoms with van der Waals surface area (Å²) in [4.78, 5) is 11.5. The van der Waals surface area contributed by atoms with Crippen LogP contribution >= 0.6 is 0 Å². The number of carbonyl (C=O) groups excluding carboxylic acids is 1. The molecule has 0 heterocycles. The highest BCUT2D eigenvalue weighted by Gasteiger charge is 2.17. The second-order valence-corrected chi connectivity index (χ2v) is 6.02. The highest BCUT2D eigenvalue weighted by atomic mass is 32.2. The number of nitrogen functional groups attached to an aromatic ring is 1. The number of amides is 1. The number of anilines is 2. The number of rotatable bonds is 7. The van der Waals surface area contributed by atoms with Crippen LogP contribution in [-0.2, 0) is 14.8 Å². The Bertz CT molecular complexity index is 572. The SMILES string of the molecule is CCCNC(=O)CNc1ccc(N)cc1S(=O)(=O)NC. The third-order valence-corrected chi connectivity index (χ3v) is 4.03. The van der Waals surface area contributed by atoms with E-state index < -0.39 is 10.0 Å². The van der Waals surface area contributed by atoms with Gasteiger partial charge in [-0.1, -0.05) is 6.92 Å². The average molecular weight is 300 g/mol. The van der Waals surface area contributed by atoms with Crippen molar-refractivity contribution in [2.24, 2.45) is 0 Å². The lowest BCUT2D eigenvalue weighted by molar-refractivity contribution is -0.119. The molecule has 0 aliphatic heterocycles. The van der Waals surface area contributed by atoms with E-state index in [-0.39, 0.29) is 17.3 Å². The van der Waals surface area contributed by atoms with Crippen LogP contribution in [-0.4, -0.2) is 34.5 Å². The van der Waals surface area contributed by atoms with Gasteiger partial charge in [0.05, 0.1) is 12.2 Å². The Morgan fingerprint density at radius 1 is 1.35 bits per heavy atom. The Hall–Kier alpha value is -1.80. The molecule has 8 heteroatoms. The Kier molecular flexibility index (Phi) is 5.78. The topological polar surface area (TPSA) is 113 Å². The fourth-order valence-corrected chi connectivity index (χ4v) is 2.46. The quantitative estimate of drug-likeness (QED) is 0.534. The van der Waals surface area contributed by atoms with Crippen LogP contribution in [0.4, 0.5) is 11.4 Å². The summed E-state index contributed by atoms with van der Waals surface area (Å²) in [5.41, 5.74) is 6.27. The summed E-state index contributed by atoms with van der Waals surface area (Å²) < 4.78 is 26.0. The summed E-state index contributed by atoms with van der Waals surface area (Å²) in [6.07, 6.45) is 0.840. The fraction of sp³-hybridized carbons (Fsp3) is 0.417. The van der Waals surface area contributed by atoms with Gasteiger partial charge in [-0.2, -0.15) is 0 Å². The van der Waals surface area contributed by atoms with E-state index in [9.17, 15) is 13.2 Å². The summed E-state index contributed by atoms with van der Waals surface area (Å²) in [6, 6.07) is 4.45. The standard InChI is InChI=1S/C12H20N4O3S/c1-3-6-15-12(17)8-16-10-5-4-9(13)7-11(10)20(18,19)14-2/h4-5,7,14,16H,3,6,8,13H2,1-2H3,(H,15,17). The molecular formula is C12H20N4O3S. The molecule has 0 radical (unpaired) electrons. The second kappa shape index (κ2) is 7.11. The van der Waals surface area contributed by atoms with Crippen LogP contribution in [0.15, 0.2) is 23.1 Å². The number of hydrogen-bond acceptors (Lipinski definition) is 5. The van der Waals surface area contributed by atoms with E-state index in [0.29, 0.717) is 17.9 Å². The van der Waals surface area contributed by atoms with Crippen molar-refractivity contribution >= 4 is 27.3 Å². The van der Waals surface area contributed by atoms with Gasteiger partial charge in [-0.25, -0.2) is 13.1 Å². The molecule has 1 rings (SSSR count). The largest absolute Gasteiger partial charge is 0.399 e. The molecular weight excluding hydrogens is 280 g/mol. The number of sulfonamides is 1. The van der Waals surface area contributed by atoms with Gasteiger partial charge in [0, 0.05) is 12.2 Å². The maximum atomic E-state index is 11.9. The summed E-state index contributed by atoms with van der Waals surface area (Å²) in [5.74, 6) is -0.198. The molecule has 0 aliphatic rings. The first-order valence-electron chi connectivity index (χ1n) is 6.24. The van der Waals surface area contributed by atoms with Crippen LogP contribution in [0.3, 0.4) is 0 Å². The van der Waals surface area contributed by atoms with E-state index in [0.717, 1.165) is 6.42 Å². The first kappa shape index (κ1) is 16.3. The fourth-order valence-electron chi connectivity index (χ4n) is 1.52. The molecule has 1 aromatic rings. The van der Waals surface area contributed by atoms with Gasteiger partial charge in [0.1, 0.15) is 4.90 Å². The van der Waals surface area contributed by atoms with Gasteiger partial charge in [0.2, 0.25) is 15.9 Å². The second-order valence-electron chi connectivity index (χ2n) is 4.17.